The summed E-state index contributed by atoms with van der Waals surface area (Å²) in [4.78, 5) is 16.0. The van der Waals surface area contributed by atoms with Gasteiger partial charge in [-0.2, -0.15) is 0 Å². The van der Waals surface area contributed by atoms with Crippen LogP contribution in [-0.4, -0.2) is 16.0 Å². The lowest BCUT2D eigenvalue weighted by Crippen LogP contribution is -2.32. The zero-order valence-corrected chi connectivity index (χ0v) is 11.1. The van der Waals surface area contributed by atoms with E-state index >= 15 is 0 Å². The largest absolute Gasteiger partial charge is 0.388 e. The Morgan fingerprint density at radius 3 is 2.84 bits per heavy atom. The fourth-order valence-electron chi connectivity index (χ4n) is 2.47. The van der Waals surface area contributed by atoms with E-state index in [1.807, 2.05) is 24.3 Å². The van der Waals surface area contributed by atoms with Crippen LogP contribution in [0.2, 0.25) is 0 Å². The molecular weight excluding hydrogens is 260 g/mol. The van der Waals surface area contributed by atoms with Crippen molar-refractivity contribution in [1.82, 2.24) is 10.3 Å². The summed E-state index contributed by atoms with van der Waals surface area (Å²) in [5.74, 6) is -0.155. The van der Waals surface area contributed by atoms with Gasteiger partial charge in [0.25, 0.3) is 5.91 Å². The standard InChI is InChI=1S/C14H14N2O2S/c17-13-6-5-11(9-3-1-2-4-10(9)13)16-14(18)12-7-19-8-15-12/h1-4,7-8,11,13,17H,5-6H2,(H,16,18)/t11-,13+/m1/s1. The molecule has 0 saturated carbocycles. The summed E-state index contributed by atoms with van der Waals surface area (Å²) in [5.41, 5.74) is 4.02. The lowest BCUT2D eigenvalue weighted by atomic mass is 9.86. The molecule has 2 atom stereocenters. The van der Waals surface area contributed by atoms with Gasteiger partial charge in [0.05, 0.1) is 17.7 Å². The monoisotopic (exact) mass is 274 g/mol. The smallest absolute Gasteiger partial charge is 0.271 e. The number of benzene rings is 1. The molecule has 1 aromatic heterocycles. The van der Waals surface area contributed by atoms with Gasteiger partial charge in [-0.3, -0.25) is 4.79 Å². The molecule has 3 rings (SSSR count). The average Bonchev–Trinajstić information content (AvgIpc) is 2.96. The van der Waals surface area contributed by atoms with Gasteiger partial charge in [-0.05, 0) is 24.0 Å². The van der Waals surface area contributed by atoms with Crippen molar-refractivity contribution in [2.75, 3.05) is 0 Å². The highest BCUT2D eigenvalue weighted by molar-refractivity contribution is 7.07. The molecular formula is C14H14N2O2S. The van der Waals surface area contributed by atoms with E-state index in [0.717, 1.165) is 17.5 Å². The molecule has 2 aromatic rings. The molecule has 98 valence electrons. The Balaban J connectivity index is 1.83. The minimum atomic E-state index is -0.427. The number of amides is 1. The summed E-state index contributed by atoms with van der Waals surface area (Å²) in [5, 5.41) is 14.7. The summed E-state index contributed by atoms with van der Waals surface area (Å²) >= 11 is 1.40. The molecule has 2 N–H and O–H groups in total. The molecule has 1 aromatic carbocycles. The second-order valence-electron chi connectivity index (χ2n) is 4.62. The molecule has 0 fully saturated rings. The van der Waals surface area contributed by atoms with Crippen molar-refractivity contribution in [3.05, 3.63) is 52.0 Å². The Labute approximate surface area is 115 Å². The molecule has 5 heteroatoms. The molecule has 1 amide bonds. The fraction of sp³-hybridized carbons (Fsp3) is 0.286. The molecule has 1 aliphatic rings. The molecule has 0 aliphatic heterocycles. The number of aromatic nitrogens is 1. The molecule has 0 unspecified atom stereocenters. The number of carbonyl (C=O) groups excluding carboxylic acids is 1. The van der Waals surface area contributed by atoms with Crippen LogP contribution in [0.5, 0.6) is 0 Å². The number of rotatable bonds is 2. The lowest BCUT2D eigenvalue weighted by Gasteiger charge is -2.29. The lowest BCUT2D eigenvalue weighted by molar-refractivity contribution is 0.0909. The number of hydrogen-bond donors (Lipinski definition) is 2. The first kappa shape index (κ1) is 12.3. The third-order valence-corrected chi connectivity index (χ3v) is 4.02. The van der Waals surface area contributed by atoms with E-state index in [9.17, 15) is 9.90 Å². The molecule has 1 aliphatic carbocycles. The number of carbonyl (C=O) groups is 1. The summed E-state index contributed by atoms with van der Waals surface area (Å²) in [7, 11) is 0. The quantitative estimate of drug-likeness (QED) is 0.884. The predicted molar refractivity (Wildman–Crippen MR) is 73.0 cm³/mol. The number of hydrogen-bond acceptors (Lipinski definition) is 4. The molecule has 19 heavy (non-hydrogen) atoms. The van der Waals surface area contributed by atoms with E-state index in [4.69, 9.17) is 0 Å². The number of nitrogens with zero attached hydrogens (tertiary/aromatic N) is 1. The van der Waals surface area contributed by atoms with Gasteiger partial charge in [0, 0.05) is 5.38 Å². The van der Waals surface area contributed by atoms with E-state index in [1.54, 1.807) is 10.9 Å². The van der Waals surface area contributed by atoms with E-state index in [2.05, 4.69) is 10.3 Å². The SMILES string of the molecule is O=C(N[C@@H]1CC[C@H](O)c2ccccc21)c1cscn1. The second kappa shape index (κ2) is 5.11. The van der Waals surface area contributed by atoms with Gasteiger partial charge in [0.1, 0.15) is 5.69 Å². The maximum atomic E-state index is 12.0. The van der Waals surface area contributed by atoms with Gasteiger partial charge < -0.3 is 10.4 Å². The molecule has 1 heterocycles. The van der Waals surface area contributed by atoms with E-state index in [-0.39, 0.29) is 11.9 Å². The Hall–Kier alpha value is -1.72. The first-order valence-corrected chi connectivity index (χ1v) is 7.16. The molecule has 4 nitrogen and oxygen atoms in total. The minimum absolute atomic E-state index is 0.0474. The van der Waals surface area contributed by atoms with Crippen LogP contribution in [0.25, 0.3) is 0 Å². The van der Waals surface area contributed by atoms with Gasteiger partial charge in [0.2, 0.25) is 0 Å². The number of aliphatic hydroxyl groups excluding tert-OH is 1. The van der Waals surface area contributed by atoms with E-state index in [0.29, 0.717) is 12.1 Å². The number of thiazole rings is 1. The third-order valence-electron chi connectivity index (χ3n) is 3.43. The van der Waals surface area contributed by atoms with Crippen LogP contribution in [-0.2, 0) is 0 Å². The van der Waals surface area contributed by atoms with E-state index < -0.39 is 6.10 Å². The Kier molecular flexibility index (Phi) is 3.31. The summed E-state index contributed by atoms with van der Waals surface area (Å²) in [6.07, 6.45) is 0.983. The maximum absolute atomic E-state index is 12.0. The number of fused-ring (bicyclic) bond motifs is 1. The third kappa shape index (κ3) is 2.39. The zero-order chi connectivity index (χ0) is 13.2. The van der Waals surface area contributed by atoms with Gasteiger partial charge in [0.15, 0.2) is 0 Å². The van der Waals surface area contributed by atoms with Crippen molar-refractivity contribution in [1.29, 1.82) is 0 Å². The van der Waals surface area contributed by atoms with Gasteiger partial charge in [-0.1, -0.05) is 24.3 Å². The van der Waals surface area contributed by atoms with Crippen LogP contribution in [0.1, 0.15) is 46.6 Å². The first-order valence-electron chi connectivity index (χ1n) is 6.21. The zero-order valence-electron chi connectivity index (χ0n) is 10.2. The van der Waals surface area contributed by atoms with Crippen LogP contribution in [0.15, 0.2) is 35.2 Å². The van der Waals surface area contributed by atoms with Crippen LogP contribution in [0.3, 0.4) is 0 Å². The van der Waals surface area contributed by atoms with Crippen LogP contribution < -0.4 is 5.32 Å². The van der Waals surface area contributed by atoms with Gasteiger partial charge in [-0.25, -0.2) is 4.98 Å². The maximum Gasteiger partial charge on any atom is 0.271 e. The number of nitrogens with one attached hydrogen (secondary N) is 1. The van der Waals surface area contributed by atoms with Crippen molar-refractivity contribution in [2.24, 2.45) is 0 Å². The summed E-state index contributed by atoms with van der Waals surface area (Å²) in [6.45, 7) is 0. The van der Waals surface area contributed by atoms with Crippen molar-refractivity contribution < 1.29 is 9.90 Å². The number of aliphatic hydroxyl groups is 1. The van der Waals surface area contributed by atoms with Crippen LogP contribution in [0, 0.1) is 0 Å². The summed E-state index contributed by atoms with van der Waals surface area (Å²) in [6, 6.07) is 7.67. The van der Waals surface area contributed by atoms with E-state index in [1.165, 1.54) is 11.3 Å². The van der Waals surface area contributed by atoms with Gasteiger partial charge >= 0.3 is 0 Å². The van der Waals surface area contributed by atoms with Crippen molar-refractivity contribution in [2.45, 2.75) is 25.0 Å². The highest BCUT2D eigenvalue weighted by atomic mass is 32.1. The Morgan fingerprint density at radius 1 is 1.32 bits per heavy atom. The second-order valence-corrected chi connectivity index (χ2v) is 5.34. The van der Waals surface area contributed by atoms with Gasteiger partial charge in [-0.15, -0.1) is 11.3 Å². The Morgan fingerprint density at radius 2 is 2.11 bits per heavy atom. The average molecular weight is 274 g/mol. The molecule has 0 radical (unpaired) electrons. The van der Waals surface area contributed by atoms with Crippen LogP contribution >= 0.6 is 11.3 Å². The fourth-order valence-corrected chi connectivity index (χ4v) is 3.01. The Bertz CT molecular complexity index is 583. The highest BCUT2D eigenvalue weighted by Gasteiger charge is 2.27. The van der Waals surface area contributed by atoms with Crippen LogP contribution in [0.4, 0.5) is 0 Å². The molecule has 0 bridgehead atoms. The summed E-state index contributed by atoms with van der Waals surface area (Å²) < 4.78 is 0. The predicted octanol–water partition coefficient (Wildman–Crippen LogP) is 2.44. The first-order chi connectivity index (χ1) is 9.25. The topological polar surface area (TPSA) is 62.2 Å². The van der Waals surface area contributed by atoms with Crippen molar-refractivity contribution >= 4 is 17.2 Å². The highest BCUT2D eigenvalue weighted by Crippen LogP contribution is 2.35. The molecule has 0 spiro atoms. The normalized spacial score (nSPS) is 21.7. The van der Waals surface area contributed by atoms with Crippen molar-refractivity contribution in [3.8, 4) is 0 Å². The van der Waals surface area contributed by atoms with Crippen molar-refractivity contribution in [3.63, 3.8) is 0 Å². The molecule has 0 saturated heterocycles. The minimum Gasteiger partial charge on any atom is -0.388 e.